The standard InChI is InChI=1S/C12H16FNO2/c13-11-3-1-2-10(6-11)7-14-4-5-16-9-12(14)8-15/h1-3,6,12,15H,4-5,7-9H2/t12-/m1/s1. The molecule has 1 aliphatic heterocycles. The fraction of sp³-hybridized carbons (Fsp3) is 0.500. The monoisotopic (exact) mass is 225 g/mol. The van der Waals surface area contributed by atoms with Gasteiger partial charge in [-0.25, -0.2) is 4.39 Å². The van der Waals surface area contributed by atoms with Crippen LogP contribution in [0.25, 0.3) is 0 Å². The van der Waals surface area contributed by atoms with E-state index in [9.17, 15) is 9.50 Å². The van der Waals surface area contributed by atoms with Crippen LogP contribution in [-0.2, 0) is 11.3 Å². The Balaban J connectivity index is 2.02. The van der Waals surface area contributed by atoms with E-state index in [1.807, 2.05) is 6.07 Å². The molecule has 1 saturated heterocycles. The van der Waals surface area contributed by atoms with E-state index < -0.39 is 0 Å². The number of ether oxygens (including phenoxy) is 1. The van der Waals surface area contributed by atoms with Gasteiger partial charge >= 0.3 is 0 Å². The van der Waals surface area contributed by atoms with Crippen molar-refractivity contribution in [1.82, 2.24) is 4.90 Å². The molecule has 1 atom stereocenters. The second-order valence-electron chi connectivity index (χ2n) is 4.01. The van der Waals surface area contributed by atoms with Crippen LogP contribution >= 0.6 is 0 Å². The highest BCUT2D eigenvalue weighted by Crippen LogP contribution is 2.12. The Bertz CT molecular complexity index is 346. The summed E-state index contributed by atoms with van der Waals surface area (Å²) in [4.78, 5) is 2.12. The third-order valence-corrected chi connectivity index (χ3v) is 2.83. The molecular formula is C12H16FNO2. The van der Waals surface area contributed by atoms with Gasteiger partial charge in [0.05, 0.1) is 25.9 Å². The number of aliphatic hydroxyl groups is 1. The van der Waals surface area contributed by atoms with Crippen molar-refractivity contribution in [3.63, 3.8) is 0 Å². The van der Waals surface area contributed by atoms with Crippen molar-refractivity contribution in [3.8, 4) is 0 Å². The Morgan fingerprint density at radius 2 is 2.38 bits per heavy atom. The molecule has 0 saturated carbocycles. The first-order valence-corrected chi connectivity index (χ1v) is 5.46. The molecule has 0 amide bonds. The Morgan fingerprint density at radius 3 is 3.12 bits per heavy atom. The van der Waals surface area contributed by atoms with Gasteiger partial charge in [-0.3, -0.25) is 4.90 Å². The number of hydrogen-bond acceptors (Lipinski definition) is 3. The number of nitrogens with zero attached hydrogens (tertiary/aromatic N) is 1. The van der Waals surface area contributed by atoms with Crippen LogP contribution in [0.4, 0.5) is 4.39 Å². The molecule has 1 aromatic carbocycles. The first-order valence-electron chi connectivity index (χ1n) is 5.46. The summed E-state index contributed by atoms with van der Waals surface area (Å²) < 4.78 is 18.3. The van der Waals surface area contributed by atoms with E-state index in [0.29, 0.717) is 19.8 Å². The molecule has 0 unspecified atom stereocenters. The van der Waals surface area contributed by atoms with Crippen LogP contribution in [0.15, 0.2) is 24.3 Å². The first-order chi connectivity index (χ1) is 7.79. The number of rotatable bonds is 3. The SMILES string of the molecule is OC[C@@H]1COCCN1Cc1cccc(F)c1. The first kappa shape index (κ1) is 11.5. The van der Waals surface area contributed by atoms with Crippen molar-refractivity contribution in [2.45, 2.75) is 12.6 Å². The molecule has 88 valence electrons. The van der Waals surface area contributed by atoms with Gasteiger partial charge in [0, 0.05) is 13.1 Å². The third kappa shape index (κ3) is 2.78. The molecule has 16 heavy (non-hydrogen) atoms. The van der Waals surface area contributed by atoms with Crippen LogP contribution < -0.4 is 0 Å². The summed E-state index contributed by atoms with van der Waals surface area (Å²) in [5.41, 5.74) is 0.931. The molecular weight excluding hydrogens is 209 g/mol. The van der Waals surface area contributed by atoms with Gasteiger partial charge in [0.2, 0.25) is 0 Å². The lowest BCUT2D eigenvalue weighted by molar-refractivity contribution is -0.0312. The molecule has 1 aliphatic rings. The average molecular weight is 225 g/mol. The normalized spacial score (nSPS) is 22.2. The minimum absolute atomic E-state index is 0.0250. The minimum Gasteiger partial charge on any atom is -0.395 e. The number of benzene rings is 1. The largest absolute Gasteiger partial charge is 0.395 e. The van der Waals surface area contributed by atoms with Gasteiger partial charge in [-0.05, 0) is 17.7 Å². The molecule has 1 fully saturated rings. The fourth-order valence-electron chi connectivity index (χ4n) is 1.94. The van der Waals surface area contributed by atoms with Gasteiger partial charge in [0.1, 0.15) is 5.82 Å². The molecule has 0 bridgehead atoms. The van der Waals surface area contributed by atoms with Crippen LogP contribution in [0.5, 0.6) is 0 Å². The molecule has 1 heterocycles. The highest BCUT2D eigenvalue weighted by Gasteiger charge is 2.22. The summed E-state index contributed by atoms with van der Waals surface area (Å²) in [6.07, 6.45) is 0. The molecule has 4 heteroatoms. The smallest absolute Gasteiger partial charge is 0.123 e. The zero-order chi connectivity index (χ0) is 11.4. The number of halogens is 1. The van der Waals surface area contributed by atoms with Crippen LogP contribution in [0.2, 0.25) is 0 Å². The Hall–Kier alpha value is -0.970. The third-order valence-electron chi connectivity index (χ3n) is 2.83. The lowest BCUT2D eigenvalue weighted by atomic mass is 10.1. The van der Waals surface area contributed by atoms with Crippen molar-refractivity contribution in [2.75, 3.05) is 26.4 Å². The molecule has 0 aliphatic carbocycles. The molecule has 1 aromatic rings. The zero-order valence-electron chi connectivity index (χ0n) is 9.10. The predicted molar refractivity (Wildman–Crippen MR) is 58.5 cm³/mol. The van der Waals surface area contributed by atoms with Crippen LogP contribution in [0, 0.1) is 5.82 Å². The molecule has 2 rings (SSSR count). The summed E-state index contributed by atoms with van der Waals surface area (Å²) in [5, 5.41) is 9.20. The highest BCUT2D eigenvalue weighted by atomic mass is 19.1. The summed E-state index contributed by atoms with van der Waals surface area (Å²) in [6, 6.07) is 6.60. The number of hydrogen-bond donors (Lipinski definition) is 1. The Morgan fingerprint density at radius 1 is 1.50 bits per heavy atom. The van der Waals surface area contributed by atoms with E-state index in [2.05, 4.69) is 4.90 Å². The molecule has 3 nitrogen and oxygen atoms in total. The minimum atomic E-state index is -0.216. The Labute approximate surface area is 94.4 Å². The quantitative estimate of drug-likeness (QED) is 0.833. The Kier molecular flexibility index (Phi) is 3.88. The lowest BCUT2D eigenvalue weighted by Crippen LogP contribution is -2.46. The van der Waals surface area contributed by atoms with Crippen molar-refractivity contribution in [2.24, 2.45) is 0 Å². The highest BCUT2D eigenvalue weighted by molar-refractivity contribution is 5.16. The van der Waals surface area contributed by atoms with Crippen molar-refractivity contribution < 1.29 is 14.2 Å². The molecule has 1 N–H and O–H groups in total. The van der Waals surface area contributed by atoms with Gasteiger partial charge in [-0.15, -0.1) is 0 Å². The van der Waals surface area contributed by atoms with Crippen molar-refractivity contribution >= 4 is 0 Å². The molecule has 0 spiro atoms. The van der Waals surface area contributed by atoms with E-state index in [4.69, 9.17) is 4.74 Å². The molecule has 0 aromatic heterocycles. The zero-order valence-corrected chi connectivity index (χ0v) is 9.10. The van der Waals surface area contributed by atoms with Crippen molar-refractivity contribution in [1.29, 1.82) is 0 Å². The second kappa shape index (κ2) is 5.39. The topological polar surface area (TPSA) is 32.7 Å². The van der Waals surface area contributed by atoms with E-state index in [1.165, 1.54) is 12.1 Å². The van der Waals surface area contributed by atoms with E-state index >= 15 is 0 Å². The average Bonchev–Trinajstić information content (AvgIpc) is 2.30. The maximum Gasteiger partial charge on any atom is 0.123 e. The fourth-order valence-corrected chi connectivity index (χ4v) is 1.94. The van der Waals surface area contributed by atoms with E-state index in [1.54, 1.807) is 6.07 Å². The van der Waals surface area contributed by atoms with Gasteiger partial charge in [0.15, 0.2) is 0 Å². The lowest BCUT2D eigenvalue weighted by Gasteiger charge is -2.34. The van der Waals surface area contributed by atoms with Gasteiger partial charge in [0.25, 0.3) is 0 Å². The second-order valence-corrected chi connectivity index (χ2v) is 4.01. The van der Waals surface area contributed by atoms with Crippen LogP contribution in [0.1, 0.15) is 5.56 Å². The molecule has 0 radical (unpaired) electrons. The van der Waals surface area contributed by atoms with Crippen LogP contribution in [-0.4, -0.2) is 42.4 Å². The maximum absolute atomic E-state index is 13.0. The van der Waals surface area contributed by atoms with Crippen molar-refractivity contribution in [3.05, 3.63) is 35.6 Å². The maximum atomic E-state index is 13.0. The van der Waals surface area contributed by atoms with E-state index in [-0.39, 0.29) is 18.5 Å². The van der Waals surface area contributed by atoms with Gasteiger partial charge in [-0.2, -0.15) is 0 Å². The van der Waals surface area contributed by atoms with Gasteiger partial charge < -0.3 is 9.84 Å². The summed E-state index contributed by atoms with van der Waals surface area (Å²) in [7, 11) is 0. The van der Waals surface area contributed by atoms with Crippen LogP contribution in [0.3, 0.4) is 0 Å². The van der Waals surface area contributed by atoms with Gasteiger partial charge in [-0.1, -0.05) is 12.1 Å². The predicted octanol–water partition coefficient (Wildman–Crippen LogP) is 1.02. The summed E-state index contributed by atoms with van der Waals surface area (Å²) >= 11 is 0. The van der Waals surface area contributed by atoms with E-state index in [0.717, 1.165) is 12.1 Å². The summed E-state index contributed by atoms with van der Waals surface area (Å²) in [6.45, 7) is 2.74. The number of morpholine rings is 1. The number of aliphatic hydroxyl groups excluding tert-OH is 1. The summed E-state index contributed by atoms with van der Waals surface area (Å²) in [5.74, 6) is -0.216.